The van der Waals surface area contributed by atoms with E-state index >= 15 is 0 Å². The number of carbonyl (C=O) groups is 3. The molecule has 1 aromatic carbocycles. The van der Waals surface area contributed by atoms with E-state index in [1.54, 1.807) is 18.0 Å². The lowest BCUT2D eigenvalue weighted by Gasteiger charge is -2.30. The van der Waals surface area contributed by atoms with Gasteiger partial charge in [-0.1, -0.05) is 19.9 Å². The zero-order valence-corrected chi connectivity index (χ0v) is 21.1. The smallest absolute Gasteiger partial charge is 0.308 e. The number of benzene rings is 1. The van der Waals surface area contributed by atoms with Gasteiger partial charge in [-0.2, -0.15) is 0 Å². The van der Waals surface area contributed by atoms with Crippen LogP contribution in [0, 0.1) is 5.92 Å². The Hall–Kier alpha value is -2.85. The molecule has 2 heterocycles. The molecule has 2 aliphatic rings. The third-order valence-electron chi connectivity index (χ3n) is 6.65. The molecule has 194 valence electrons. The van der Waals surface area contributed by atoms with Crippen LogP contribution in [0.2, 0.25) is 0 Å². The average Bonchev–Trinajstić information content (AvgIpc) is 3.43. The van der Waals surface area contributed by atoms with Gasteiger partial charge in [0.1, 0.15) is 0 Å². The second kappa shape index (κ2) is 12.2. The summed E-state index contributed by atoms with van der Waals surface area (Å²) in [5.41, 5.74) is 0.828. The fourth-order valence-corrected chi connectivity index (χ4v) is 4.74. The van der Waals surface area contributed by atoms with Crippen LogP contribution in [0.15, 0.2) is 18.2 Å². The summed E-state index contributed by atoms with van der Waals surface area (Å²) in [5, 5.41) is 11.7. The highest BCUT2D eigenvalue weighted by Crippen LogP contribution is 2.42. The van der Waals surface area contributed by atoms with Gasteiger partial charge in [0.15, 0.2) is 11.5 Å². The molecule has 3 rings (SSSR count). The van der Waals surface area contributed by atoms with Gasteiger partial charge in [-0.15, -0.1) is 0 Å². The van der Waals surface area contributed by atoms with Gasteiger partial charge in [0.25, 0.3) is 5.91 Å². The predicted octanol–water partition coefficient (Wildman–Crippen LogP) is 2.33. The predicted molar refractivity (Wildman–Crippen MR) is 128 cm³/mol. The minimum Gasteiger partial charge on any atom is -0.481 e. The molecule has 1 aromatic rings. The van der Waals surface area contributed by atoms with E-state index in [0.717, 1.165) is 18.4 Å². The number of likely N-dealkylation sites (tertiary alicyclic amines) is 1. The molecule has 10 nitrogen and oxygen atoms in total. The number of carbonyl (C=O) groups excluding carboxylic acids is 2. The lowest BCUT2D eigenvalue weighted by atomic mass is 9.84. The quantitative estimate of drug-likeness (QED) is 0.444. The largest absolute Gasteiger partial charge is 0.481 e. The molecular weight excluding hydrogens is 454 g/mol. The van der Waals surface area contributed by atoms with Crippen molar-refractivity contribution in [2.75, 3.05) is 46.6 Å². The van der Waals surface area contributed by atoms with Crippen LogP contribution in [0.3, 0.4) is 0 Å². The number of nitrogens with zero attached hydrogens (tertiary/aromatic N) is 3. The Morgan fingerprint density at radius 1 is 1.14 bits per heavy atom. The summed E-state index contributed by atoms with van der Waals surface area (Å²) in [6.07, 6.45) is 1.97. The number of rotatable bonds is 12. The summed E-state index contributed by atoms with van der Waals surface area (Å²) < 4.78 is 10.9. The van der Waals surface area contributed by atoms with Crippen molar-refractivity contribution in [3.63, 3.8) is 0 Å². The van der Waals surface area contributed by atoms with Crippen LogP contribution in [0.4, 0.5) is 0 Å². The van der Waals surface area contributed by atoms with Crippen LogP contribution < -0.4 is 9.47 Å². The van der Waals surface area contributed by atoms with Crippen molar-refractivity contribution >= 4 is 17.8 Å². The van der Waals surface area contributed by atoms with Crippen LogP contribution in [-0.2, 0) is 19.2 Å². The molecule has 1 N–H and O–H groups in total. The number of ether oxygens (including phenoxy) is 2. The van der Waals surface area contributed by atoms with Crippen molar-refractivity contribution in [3.05, 3.63) is 23.8 Å². The van der Waals surface area contributed by atoms with Crippen LogP contribution in [0.5, 0.6) is 11.5 Å². The van der Waals surface area contributed by atoms with Gasteiger partial charge in [0.05, 0.1) is 19.1 Å². The third-order valence-corrected chi connectivity index (χ3v) is 6.65. The van der Waals surface area contributed by atoms with Crippen LogP contribution in [0.1, 0.15) is 51.5 Å². The number of hydrogen-bond acceptors (Lipinski definition) is 7. The molecule has 0 bridgehead atoms. The number of carboxylic acid groups (broad SMARTS) is 1. The van der Waals surface area contributed by atoms with Gasteiger partial charge in [-0.3, -0.25) is 24.1 Å². The second-order valence-corrected chi connectivity index (χ2v) is 9.14. The topological polar surface area (TPSA) is 109 Å². The lowest BCUT2D eigenvalue weighted by molar-refractivity contribution is -0.188. The zero-order chi connectivity index (χ0) is 25.5. The maximum Gasteiger partial charge on any atom is 0.308 e. The van der Waals surface area contributed by atoms with Crippen LogP contribution >= 0.6 is 0 Å². The molecule has 0 radical (unpaired) electrons. The van der Waals surface area contributed by atoms with Gasteiger partial charge in [0, 0.05) is 45.6 Å². The zero-order valence-electron chi connectivity index (χ0n) is 21.1. The molecule has 0 saturated carbocycles. The molecule has 1 fully saturated rings. The SMILES string of the molecule is CCCON(CCC)C(=O)CN1C[C@H](c2ccc3c(c2)OCO3)[C@@H](C(=O)O)[C@@H]1CCN(C)C(C)=O. The number of fused-ring (bicyclic) bond motifs is 1. The molecule has 0 aliphatic carbocycles. The Labute approximate surface area is 206 Å². The summed E-state index contributed by atoms with van der Waals surface area (Å²) in [7, 11) is 1.69. The van der Waals surface area contributed by atoms with Crippen molar-refractivity contribution in [3.8, 4) is 11.5 Å². The number of amides is 2. The molecule has 0 unspecified atom stereocenters. The monoisotopic (exact) mass is 491 g/mol. The van der Waals surface area contributed by atoms with E-state index in [1.807, 2.05) is 30.9 Å². The molecule has 0 spiro atoms. The van der Waals surface area contributed by atoms with E-state index in [0.29, 0.717) is 44.2 Å². The van der Waals surface area contributed by atoms with Crippen LogP contribution in [-0.4, -0.2) is 90.4 Å². The number of hydroxylamine groups is 2. The van der Waals surface area contributed by atoms with Crippen molar-refractivity contribution < 1.29 is 33.8 Å². The van der Waals surface area contributed by atoms with Crippen LogP contribution in [0.25, 0.3) is 0 Å². The molecule has 2 amide bonds. The van der Waals surface area contributed by atoms with E-state index < -0.39 is 17.9 Å². The van der Waals surface area contributed by atoms with E-state index in [1.165, 1.54) is 12.0 Å². The van der Waals surface area contributed by atoms with E-state index in [4.69, 9.17) is 14.3 Å². The lowest BCUT2D eigenvalue weighted by Crippen LogP contribution is -2.45. The summed E-state index contributed by atoms with van der Waals surface area (Å²) in [6.45, 7) is 7.31. The minimum atomic E-state index is -0.925. The summed E-state index contributed by atoms with van der Waals surface area (Å²) in [4.78, 5) is 46.6. The van der Waals surface area contributed by atoms with E-state index in [2.05, 4.69) is 0 Å². The summed E-state index contributed by atoms with van der Waals surface area (Å²) in [5.74, 6) is -1.08. The molecule has 3 atom stereocenters. The maximum atomic E-state index is 13.2. The number of carboxylic acids is 1. The molecular formula is C25H37N3O7. The highest BCUT2D eigenvalue weighted by atomic mass is 16.7. The highest BCUT2D eigenvalue weighted by molar-refractivity contribution is 5.78. The first-order chi connectivity index (χ1) is 16.8. The summed E-state index contributed by atoms with van der Waals surface area (Å²) >= 11 is 0. The maximum absolute atomic E-state index is 13.2. The highest BCUT2D eigenvalue weighted by Gasteiger charge is 2.47. The van der Waals surface area contributed by atoms with Crippen molar-refractivity contribution in [2.45, 2.75) is 52.0 Å². The fourth-order valence-electron chi connectivity index (χ4n) is 4.74. The molecule has 0 aromatic heterocycles. The van der Waals surface area contributed by atoms with Gasteiger partial charge in [-0.25, -0.2) is 5.06 Å². The standard InChI is InChI=1S/C25H37N3O7/c1-5-10-28(35-12-6-2)23(30)15-27-14-19(18-7-8-21-22(13-18)34-16-33-21)24(25(31)32)20(27)9-11-26(4)17(3)29/h7-8,13,19-20,24H,5-6,9-12,14-16H2,1-4H3,(H,31,32)/t19-,20+,24-/m1/s1. The minimum absolute atomic E-state index is 0.0446. The van der Waals surface area contributed by atoms with Gasteiger partial charge in [0.2, 0.25) is 12.7 Å². The van der Waals surface area contributed by atoms with E-state index in [9.17, 15) is 19.5 Å². The fraction of sp³-hybridized carbons (Fsp3) is 0.640. The Kier molecular flexibility index (Phi) is 9.33. The van der Waals surface area contributed by atoms with Crippen molar-refractivity contribution in [1.29, 1.82) is 0 Å². The second-order valence-electron chi connectivity index (χ2n) is 9.14. The van der Waals surface area contributed by atoms with Crippen molar-refractivity contribution in [1.82, 2.24) is 14.9 Å². The normalized spacial score (nSPS) is 21.2. The Balaban J connectivity index is 1.87. The Morgan fingerprint density at radius 3 is 2.54 bits per heavy atom. The third kappa shape index (κ3) is 6.43. The number of hydrogen-bond donors (Lipinski definition) is 1. The number of aliphatic carboxylic acids is 1. The first-order valence-corrected chi connectivity index (χ1v) is 12.3. The average molecular weight is 492 g/mol. The summed E-state index contributed by atoms with van der Waals surface area (Å²) in [6, 6.07) is 5.07. The molecule has 35 heavy (non-hydrogen) atoms. The Morgan fingerprint density at radius 2 is 1.89 bits per heavy atom. The molecule has 2 aliphatic heterocycles. The first kappa shape index (κ1) is 26.7. The van der Waals surface area contributed by atoms with E-state index in [-0.39, 0.29) is 31.1 Å². The molecule has 1 saturated heterocycles. The Bertz CT molecular complexity index is 909. The first-order valence-electron chi connectivity index (χ1n) is 12.3. The van der Waals surface area contributed by atoms with Gasteiger partial charge >= 0.3 is 5.97 Å². The van der Waals surface area contributed by atoms with Crippen molar-refractivity contribution in [2.24, 2.45) is 5.92 Å². The van der Waals surface area contributed by atoms with Gasteiger partial charge < -0.3 is 19.5 Å². The molecule has 10 heteroatoms. The van der Waals surface area contributed by atoms with Gasteiger partial charge in [-0.05, 0) is 37.0 Å².